The van der Waals surface area contributed by atoms with Crippen molar-refractivity contribution < 1.29 is 17.9 Å². The monoisotopic (exact) mass is 420 g/mol. The Morgan fingerprint density at radius 1 is 1.25 bits per heavy atom. The Morgan fingerprint density at radius 2 is 2.00 bits per heavy atom. The summed E-state index contributed by atoms with van der Waals surface area (Å²) in [6, 6.07) is 6.98. The quantitative estimate of drug-likeness (QED) is 0.689. The van der Waals surface area contributed by atoms with Gasteiger partial charge >= 0.3 is 0 Å². The molecule has 1 aliphatic heterocycles. The molecule has 8 heteroatoms. The lowest BCUT2D eigenvalue weighted by Crippen LogP contribution is -2.33. The van der Waals surface area contributed by atoms with Gasteiger partial charge in [0.15, 0.2) is 0 Å². The first-order valence-electron chi connectivity index (χ1n) is 9.51. The van der Waals surface area contributed by atoms with E-state index in [4.69, 9.17) is 4.74 Å². The van der Waals surface area contributed by atoms with Gasteiger partial charge in [-0.15, -0.1) is 0 Å². The minimum atomic E-state index is -3.68. The highest BCUT2D eigenvalue weighted by Crippen LogP contribution is 2.33. The van der Waals surface area contributed by atoms with Crippen molar-refractivity contribution >= 4 is 27.3 Å². The smallest absolute Gasteiger partial charge is 0.254 e. The topological polar surface area (TPSA) is 66.9 Å². The van der Waals surface area contributed by atoms with Crippen LogP contribution in [-0.2, 0) is 16.6 Å². The fourth-order valence-electron chi connectivity index (χ4n) is 3.58. The summed E-state index contributed by atoms with van der Waals surface area (Å²) >= 11 is 1.61. The van der Waals surface area contributed by atoms with Crippen molar-refractivity contribution in [1.82, 2.24) is 9.21 Å². The molecule has 2 fully saturated rings. The Balaban J connectivity index is 1.66. The SMILES string of the molecule is COc1ccc(C(=O)N(Cc2ccsc2)C2CC2)cc1S(=O)(=O)N1CCCC1. The summed E-state index contributed by atoms with van der Waals surface area (Å²) in [6.07, 6.45) is 3.70. The number of carbonyl (C=O) groups excluding carboxylic acids is 1. The number of carbonyl (C=O) groups is 1. The predicted octanol–water partition coefficient (Wildman–Crippen LogP) is 3.35. The molecule has 1 amide bonds. The van der Waals surface area contributed by atoms with E-state index in [0.29, 0.717) is 25.2 Å². The van der Waals surface area contributed by atoms with Crippen LogP contribution in [0.4, 0.5) is 0 Å². The van der Waals surface area contributed by atoms with Crippen LogP contribution in [0.5, 0.6) is 5.75 Å². The molecule has 0 unspecified atom stereocenters. The number of rotatable bonds is 7. The summed E-state index contributed by atoms with van der Waals surface area (Å²) in [7, 11) is -2.23. The Kier molecular flexibility index (Phi) is 5.44. The van der Waals surface area contributed by atoms with E-state index < -0.39 is 10.0 Å². The molecule has 150 valence electrons. The predicted molar refractivity (Wildman–Crippen MR) is 108 cm³/mol. The number of hydrogen-bond acceptors (Lipinski definition) is 5. The number of ether oxygens (including phenoxy) is 1. The second kappa shape index (κ2) is 7.85. The van der Waals surface area contributed by atoms with Gasteiger partial charge in [-0.1, -0.05) is 0 Å². The van der Waals surface area contributed by atoms with Gasteiger partial charge in [-0.2, -0.15) is 15.6 Å². The van der Waals surface area contributed by atoms with Gasteiger partial charge in [-0.3, -0.25) is 4.79 Å². The molecule has 1 saturated carbocycles. The molecule has 2 aromatic rings. The molecule has 1 aliphatic carbocycles. The van der Waals surface area contributed by atoms with Crippen LogP contribution < -0.4 is 4.74 Å². The van der Waals surface area contributed by atoms with Gasteiger partial charge in [0.1, 0.15) is 10.6 Å². The average Bonchev–Trinajstić information content (AvgIpc) is 3.17. The van der Waals surface area contributed by atoms with E-state index in [1.165, 1.54) is 17.5 Å². The Labute approximate surface area is 169 Å². The summed E-state index contributed by atoms with van der Waals surface area (Å²) in [6.45, 7) is 1.57. The maximum absolute atomic E-state index is 13.2. The molecule has 4 rings (SSSR count). The normalized spacial score (nSPS) is 17.6. The first-order chi connectivity index (χ1) is 13.5. The zero-order valence-corrected chi connectivity index (χ0v) is 17.5. The van der Waals surface area contributed by atoms with Gasteiger partial charge in [0, 0.05) is 31.2 Å². The molecule has 0 bridgehead atoms. The van der Waals surface area contributed by atoms with Gasteiger partial charge in [0.25, 0.3) is 5.91 Å². The molecule has 6 nitrogen and oxygen atoms in total. The average molecular weight is 421 g/mol. The molecule has 28 heavy (non-hydrogen) atoms. The standard InChI is InChI=1S/C20H24N2O4S2/c1-26-18-7-4-16(12-19(18)28(24,25)21-9-2-3-10-21)20(23)22(17-5-6-17)13-15-8-11-27-14-15/h4,7-8,11-12,14,17H,2-3,5-6,9-10,13H2,1H3. The number of benzene rings is 1. The molecule has 1 saturated heterocycles. The van der Waals surface area contributed by atoms with Crippen LogP contribution in [0.25, 0.3) is 0 Å². The highest BCUT2D eigenvalue weighted by Gasteiger charge is 2.35. The number of hydrogen-bond donors (Lipinski definition) is 0. The first-order valence-corrected chi connectivity index (χ1v) is 11.9. The molecule has 1 aromatic carbocycles. The lowest BCUT2D eigenvalue weighted by atomic mass is 10.1. The lowest BCUT2D eigenvalue weighted by Gasteiger charge is -2.23. The maximum Gasteiger partial charge on any atom is 0.254 e. The number of sulfonamides is 1. The second-order valence-corrected chi connectivity index (χ2v) is 9.96. The third kappa shape index (κ3) is 3.81. The van der Waals surface area contributed by atoms with E-state index in [9.17, 15) is 13.2 Å². The van der Waals surface area contributed by atoms with Gasteiger partial charge in [-0.25, -0.2) is 8.42 Å². The number of nitrogens with zero attached hydrogens (tertiary/aromatic N) is 2. The van der Waals surface area contributed by atoms with Gasteiger partial charge < -0.3 is 9.64 Å². The molecular weight excluding hydrogens is 396 g/mol. The van der Waals surface area contributed by atoms with Crippen molar-refractivity contribution in [3.05, 3.63) is 46.2 Å². The van der Waals surface area contributed by atoms with Gasteiger partial charge in [0.2, 0.25) is 10.0 Å². The van der Waals surface area contributed by atoms with Gasteiger partial charge in [0.05, 0.1) is 7.11 Å². The molecular formula is C20H24N2O4S2. The lowest BCUT2D eigenvalue weighted by molar-refractivity contribution is 0.0730. The third-order valence-corrected chi connectivity index (χ3v) is 7.93. The number of methoxy groups -OCH3 is 1. The van der Waals surface area contributed by atoms with E-state index in [1.54, 1.807) is 23.5 Å². The van der Waals surface area contributed by atoms with Crippen LogP contribution in [0.2, 0.25) is 0 Å². The van der Waals surface area contributed by atoms with Crippen molar-refractivity contribution in [2.45, 2.75) is 43.2 Å². The fraction of sp³-hybridized carbons (Fsp3) is 0.450. The maximum atomic E-state index is 13.2. The van der Waals surface area contributed by atoms with Crippen molar-refractivity contribution in [1.29, 1.82) is 0 Å². The first kappa shape index (κ1) is 19.4. The number of amides is 1. The molecule has 0 spiro atoms. The second-order valence-electron chi connectivity index (χ2n) is 7.27. The van der Waals surface area contributed by atoms with Crippen LogP contribution in [0.1, 0.15) is 41.6 Å². The summed E-state index contributed by atoms with van der Waals surface area (Å²) in [5.74, 6) is 0.147. The Morgan fingerprint density at radius 3 is 2.61 bits per heavy atom. The molecule has 0 N–H and O–H groups in total. The zero-order chi connectivity index (χ0) is 19.7. The summed E-state index contributed by atoms with van der Waals surface area (Å²) in [4.78, 5) is 15.2. The molecule has 2 heterocycles. The largest absolute Gasteiger partial charge is 0.495 e. The highest BCUT2D eigenvalue weighted by molar-refractivity contribution is 7.89. The van der Waals surface area contributed by atoms with E-state index >= 15 is 0 Å². The van der Waals surface area contributed by atoms with Crippen LogP contribution in [0.3, 0.4) is 0 Å². The third-order valence-electron chi connectivity index (χ3n) is 5.27. The minimum absolute atomic E-state index is 0.0778. The Hall–Kier alpha value is -1.90. The van der Waals surface area contributed by atoms with E-state index in [-0.39, 0.29) is 22.6 Å². The van der Waals surface area contributed by atoms with Crippen LogP contribution in [0.15, 0.2) is 39.9 Å². The zero-order valence-electron chi connectivity index (χ0n) is 15.8. The Bertz CT molecular complexity index is 947. The van der Waals surface area contributed by atoms with E-state index in [0.717, 1.165) is 31.2 Å². The fourth-order valence-corrected chi connectivity index (χ4v) is 5.94. The summed E-state index contributed by atoms with van der Waals surface area (Å²) in [5.41, 5.74) is 1.49. The highest BCUT2D eigenvalue weighted by atomic mass is 32.2. The molecule has 2 aliphatic rings. The number of thiophene rings is 1. The van der Waals surface area contributed by atoms with Crippen molar-refractivity contribution in [2.75, 3.05) is 20.2 Å². The van der Waals surface area contributed by atoms with E-state index in [1.807, 2.05) is 21.7 Å². The van der Waals surface area contributed by atoms with Crippen LogP contribution >= 0.6 is 11.3 Å². The minimum Gasteiger partial charge on any atom is -0.495 e. The molecule has 0 radical (unpaired) electrons. The van der Waals surface area contributed by atoms with Crippen molar-refractivity contribution in [2.24, 2.45) is 0 Å². The summed E-state index contributed by atoms with van der Waals surface area (Å²) in [5, 5.41) is 4.04. The molecule has 0 atom stereocenters. The van der Waals surface area contributed by atoms with Gasteiger partial charge in [-0.05, 0) is 66.3 Å². The molecule has 1 aromatic heterocycles. The van der Waals surface area contributed by atoms with E-state index in [2.05, 4.69) is 0 Å². The van der Waals surface area contributed by atoms with Crippen molar-refractivity contribution in [3.8, 4) is 5.75 Å². The summed E-state index contributed by atoms with van der Waals surface area (Å²) < 4.78 is 32.9. The van der Waals surface area contributed by atoms with Crippen LogP contribution in [0, 0.1) is 0 Å². The van der Waals surface area contributed by atoms with Crippen LogP contribution in [-0.4, -0.2) is 49.8 Å². The van der Waals surface area contributed by atoms with Crippen molar-refractivity contribution in [3.63, 3.8) is 0 Å².